The van der Waals surface area contributed by atoms with Crippen molar-refractivity contribution in [2.45, 2.75) is 13.8 Å². The lowest BCUT2D eigenvalue weighted by Gasteiger charge is -2.11. The summed E-state index contributed by atoms with van der Waals surface area (Å²) in [7, 11) is 0. The number of rotatable bonds is 7. The van der Waals surface area contributed by atoms with Gasteiger partial charge in [-0.2, -0.15) is 0 Å². The number of carboxylic acids is 1. The number of carbonyl (C=O) groups is 2. The van der Waals surface area contributed by atoms with Gasteiger partial charge in [0.15, 0.2) is 18.2 Å². The van der Waals surface area contributed by atoms with Crippen LogP contribution < -0.4 is 10.1 Å². The molecule has 0 aliphatic rings. The van der Waals surface area contributed by atoms with Gasteiger partial charge < -0.3 is 15.2 Å². The van der Waals surface area contributed by atoms with E-state index in [1.165, 1.54) is 24.3 Å². The van der Waals surface area contributed by atoms with Crippen LogP contribution in [0.3, 0.4) is 0 Å². The van der Waals surface area contributed by atoms with Crippen molar-refractivity contribution in [2.75, 3.05) is 13.2 Å². The van der Waals surface area contributed by atoms with Crippen molar-refractivity contribution < 1.29 is 23.8 Å². The molecule has 0 saturated carbocycles. The SMILES string of the molecule is CC(C)CNC(=O)COc1c(F)cccc1/C=C/C(=O)O. The van der Waals surface area contributed by atoms with E-state index < -0.39 is 11.8 Å². The Balaban J connectivity index is 2.73. The maximum atomic E-state index is 13.7. The summed E-state index contributed by atoms with van der Waals surface area (Å²) >= 11 is 0. The summed E-state index contributed by atoms with van der Waals surface area (Å²) in [6.45, 7) is 4.08. The Bertz CT molecular complexity index is 540. The predicted molar refractivity (Wildman–Crippen MR) is 76.4 cm³/mol. The van der Waals surface area contributed by atoms with Gasteiger partial charge in [-0.3, -0.25) is 4.79 Å². The van der Waals surface area contributed by atoms with Gasteiger partial charge >= 0.3 is 5.97 Å². The monoisotopic (exact) mass is 295 g/mol. The van der Waals surface area contributed by atoms with Crippen LogP contribution in [-0.4, -0.2) is 30.1 Å². The zero-order chi connectivity index (χ0) is 15.8. The fourth-order valence-electron chi connectivity index (χ4n) is 1.48. The highest BCUT2D eigenvalue weighted by Crippen LogP contribution is 2.23. The highest BCUT2D eigenvalue weighted by Gasteiger charge is 2.11. The number of ether oxygens (including phenoxy) is 1. The third kappa shape index (κ3) is 6.07. The first kappa shape index (κ1) is 16.7. The van der Waals surface area contributed by atoms with Crippen molar-refractivity contribution in [3.8, 4) is 5.75 Å². The molecule has 0 aliphatic heterocycles. The molecule has 1 aromatic rings. The summed E-state index contributed by atoms with van der Waals surface area (Å²) in [4.78, 5) is 22.0. The molecule has 6 heteroatoms. The summed E-state index contributed by atoms with van der Waals surface area (Å²) in [6, 6.07) is 4.12. The molecule has 0 saturated heterocycles. The van der Waals surface area contributed by atoms with Gasteiger partial charge in [0, 0.05) is 18.2 Å². The Hall–Kier alpha value is -2.37. The zero-order valence-electron chi connectivity index (χ0n) is 11.9. The number of carboxylic acid groups (broad SMARTS) is 1. The van der Waals surface area contributed by atoms with Gasteiger partial charge in [0.25, 0.3) is 5.91 Å². The molecule has 1 rings (SSSR count). The van der Waals surface area contributed by atoms with Crippen LogP contribution >= 0.6 is 0 Å². The van der Waals surface area contributed by atoms with Gasteiger partial charge in [-0.05, 0) is 18.1 Å². The summed E-state index contributed by atoms with van der Waals surface area (Å²) in [5.41, 5.74) is 0.258. The minimum Gasteiger partial charge on any atom is -0.480 e. The molecule has 0 atom stereocenters. The Morgan fingerprint density at radius 3 is 2.76 bits per heavy atom. The molecular weight excluding hydrogens is 277 g/mol. The van der Waals surface area contributed by atoms with Gasteiger partial charge in [-0.25, -0.2) is 9.18 Å². The van der Waals surface area contributed by atoms with Crippen LogP contribution in [0.2, 0.25) is 0 Å². The largest absolute Gasteiger partial charge is 0.480 e. The standard InChI is InChI=1S/C15H18FNO4/c1-10(2)8-17-13(18)9-21-15-11(6-7-14(19)20)4-3-5-12(15)16/h3-7,10H,8-9H2,1-2H3,(H,17,18)(H,19,20)/b7-6+. The number of hydrogen-bond donors (Lipinski definition) is 2. The number of carbonyl (C=O) groups excluding carboxylic acids is 1. The molecule has 1 amide bonds. The van der Waals surface area contributed by atoms with E-state index in [-0.39, 0.29) is 23.8 Å². The lowest BCUT2D eigenvalue weighted by Crippen LogP contribution is -2.31. The first-order valence-corrected chi connectivity index (χ1v) is 6.49. The highest BCUT2D eigenvalue weighted by atomic mass is 19.1. The second-order valence-electron chi connectivity index (χ2n) is 4.82. The van der Waals surface area contributed by atoms with Gasteiger partial charge in [0.1, 0.15) is 0 Å². The first-order valence-electron chi connectivity index (χ1n) is 6.49. The molecule has 0 heterocycles. The van der Waals surface area contributed by atoms with E-state index in [0.29, 0.717) is 12.5 Å². The van der Waals surface area contributed by atoms with E-state index in [9.17, 15) is 14.0 Å². The molecule has 1 aromatic carbocycles. The maximum absolute atomic E-state index is 13.7. The maximum Gasteiger partial charge on any atom is 0.328 e. The summed E-state index contributed by atoms with van der Waals surface area (Å²) < 4.78 is 18.9. The van der Waals surface area contributed by atoms with Crippen molar-refractivity contribution in [1.29, 1.82) is 0 Å². The molecule has 0 radical (unpaired) electrons. The van der Waals surface area contributed by atoms with E-state index in [4.69, 9.17) is 9.84 Å². The predicted octanol–water partition coefficient (Wildman–Crippen LogP) is 2.07. The van der Waals surface area contributed by atoms with E-state index in [0.717, 1.165) is 6.08 Å². The molecule has 0 aromatic heterocycles. The summed E-state index contributed by atoms with van der Waals surface area (Å²) in [5.74, 6) is -2.01. The average Bonchev–Trinajstić information content (AvgIpc) is 2.41. The minimum atomic E-state index is -1.15. The minimum absolute atomic E-state index is 0.144. The lowest BCUT2D eigenvalue weighted by molar-refractivity contribution is -0.131. The Kier molecular flexibility index (Phi) is 6.39. The van der Waals surface area contributed by atoms with Gasteiger partial charge in [0.2, 0.25) is 0 Å². The van der Waals surface area contributed by atoms with E-state index >= 15 is 0 Å². The highest BCUT2D eigenvalue weighted by molar-refractivity contribution is 5.86. The number of amides is 1. The first-order chi connectivity index (χ1) is 9.90. The number of aliphatic carboxylic acids is 1. The van der Waals surface area contributed by atoms with Crippen LogP contribution in [-0.2, 0) is 9.59 Å². The van der Waals surface area contributed by atoms with E-state index in [1.54, 1.807) is 0 Å². The van der Waals surface area contributed by atoms with Crippen LogP contribution in [0, 0.1) is 11.7 Å². The number of benzene rings is 1. The van der Waals surface area contributed by atoms with Crippen LogP contribution in [0.15, 0.2) is 24.3 Å². The average molecular weight is 295 g/mol. The van der Waals surface area contributed by atoms with Crippen LogP contribution in [0.1, 0.15) is 19.4 Å². The number of hydrogen-bond acceptors (Lipinski definition) is 3. The molecule has 0 bridgehead atoms. The van der Waals surface area contributed by atoms with E-state index in [2.05, 4.69) is 5.32 Å². The van der Waals surface area contributed by atoms with Crippen LogP contribution in [0.4, 0.5) is 4.39 Å². The fraction of sp³-hybridized carbons (Fsp3) is 0.333. The molecule has 114 valence electrons. The topological polar surface area (TPSA) is 75.6 Å². The normalized spacial score (nSPS) is 10.9. The Morgan fingerprint density at radius 1 is 1.43 bits per heavy atom. The summed E-state index contributed by atoms with van der Waals surface area (Å²) in [5, 5.41) is 11.2. The molecular formula is C15H18FNO4. The van der Waals surface area contributed by atoms with E-state index in [1.807, 2.05) is 13.8 Å². The molecule has 0 fully saturated rings. The lowest BCUT2D eigenvalue weighted by atomic mass is 10.2. The van der Waals surface area contributed by atoms with Crippen molar-refractivity contribution in [2.24, 2.45) is 5.92 Å². The van der Waals surface area contributed by atoms with Crippen LogP contribution in [0.5, 0.6) is 5.75 Å². The smallest absolute Gasteiger partial charge is 0.328 e. The Labute approximate surface area is 122 Å². The number of halogens is 1. The number of nitrogens with one attached hydrogen (secondary N) is 1. The molecule has 0 aliphatic carbocycles. The molecule has 2 N–H and O–H groups in total. The summed E-state index contributed by atoms with van der Waals surface area (Å²) in [6.07, 6.45) is 2.09. The second-order valence-corrected chi connectivity index (χ2v) is 4.82. The molecule has 21 heavy (non-hydrogen) atoms. The van der Waals surface area contributed by atoms with Gasteiger partial charge in [0.05, 0.1) is 0 Å². The van der Waals surface area contributed by atoms with Crippen LogP contribution in [0.25, 0.3) is 6.08 Å². The quantitative estimate of drug-likeness (QED) is 0.755. The Morgan fingerprint density at radius 2 is 2.14 bits per heavy atom. The van der Waals surface area contributed by atoms with Gasteiger partial charge in [-0.1, -0.05) is 26.0 Å². The van der Waals surface area contributed by atoms with Gasteiger partial charge in [-0.15, -0.1) is 0 Å². The van der Waals surface area contributed by atoms with Crippen molar-refractivity contribution in [3.05, 3.63) is 35.7 Å². The second kappa shape index (κ2) is 8.04. The fourth-order valence-corrected chi connectivity index (χ4v) is 1.48. The van der Waals surface area contributed by atoms with Crippen molar-refractivity contribution >= 4 is 18.0 Å². The molecule has 0 unspecified atom stereocenters. The molecule has 5 nitrogen and oxygen atoms in total. The van der Waals surface area contributed by atoms with Crippen molar-refractivity contribution in [1.82, 2.24) is 5.32 Å². The third-order valence-corrected chi connectivity index (χ3v) is 2.46. The molecule has 0 spiro atoms. The van der Waals surface area contributed by atoms with Crippen molar-refractivity contribution in [3.63, 3.8) is 0 Å². The third-order valence-electron chi connectivity index (χ3n) is 2.46. The number of para-hydroxylation sites is 1. The zero-order valence-corrected chi connectivity index (χ0v) is 11.9.